The van der Waals surface area contributed by atoms with E-state index in [1.807, 2.05) is 38.1 Å². The minimum atomic E-state index is -0.714. The van der Waals surface area contributed by atoms with E-state index < -0.39 is 11.7 Å². The predicted octanol–water partition coefficient (Wildman–Crippen LogP) is 1.87. The first-order valence-corrected chi connectivity index (χ1v) is 6.73. The van der Waals surface area contributed by atoms with Crippen LogP contribution in [0.3, 0.4) is 0 Å². The summed E-state index contributed by atoms with van der Waals surface area (Å²) >= 11 is 0. The summed E-state index contributed by atoms with van der Waals surface area (Å²) in [6, 6.07) is 7.34. The van der Waals surface area contributed by atoms with Crippen molar-refractivity contribution in [2.45, 2.75) is 38.4 Å². The van der Waals surface area contributed by atoms with E-state index in [0.29, 0.717) is 13.1 Å². The summed E-state index contributed by atoms with van der Waals surface area (Å²) in [5.41, 5.74) is 0.123. The van der Waals surface area contributed by atoms with Gasteiger partial charge < -0.3 is 20.3 Å². The van der Waals surface area contributed by atoms with Crippen molar-refractivity contribution in [1.29, 1.82) is 0 Å². The molecule has 0 aliphatic heterocycles. The van der Waals surface area contributed by atoms with E-state index in [-0.39, 0.29) is 0 Å². The van der Waals surface area contributed by atoms with Gasteiger partial charge in [0.2, 0.25) is 0 Å². The lowest BCUT2D eigenvalue weighted by atomic mass is 10.0. The molecule has 0 fully saturated rings. The highest BCUT2D eigenvalue weighted by Crippen LogP contribution is 2.17. The second kappa shape index (κ2) is 7.48. The maximum absolute atomic E-state index is 10.0. The van der Waals surface area contributed by atoms with Gasteiger partial charge in [-0.2, -0.15) is 0 Å². The zero-order chi connectivity index (χ0) is 14.3. The molecule has 0 saturated carbocycles. The zero-order valence-corrected chi connectivity index (χ0v) is 12.0. The van der Waals surface area contributed by atoms with Gasteiger partial charge in [0.15, 0.2) is 0 Å². The Balaban J connectivity index is 2.40. The molecule has 108 valence electrons. The smallest absolute Gasteiger partial charge is 0.118 e. The Morgan fingerprint density at radius 3 is 2.47 bits per heavy atom. The summed E-state index contributed by atoms with van der Waals surface area (Å²) in [6.07, 6.45) is 1.11. The normalized spacial score (nSPS) is 15.8. The molecule has 0 aliphatic rings. The number of hydrogen-bond donors (Lipinski definition) is 3. The molecule has 2 atom stereocenters. The average molecular weight is 267 g/mol. The number of benzene rings is 1. The molecule has 4 nitrogen and oxygen atoms in total. The molecule has 0 spiro atoms. The van der Waals surface area contributed by atoms with Crippen LogP contribution in [0.5, 0.6) is 5.75 Å². The van der Waals surface area contributed by atoms with Gasteiger partial charge in [-0.1, -0.05) is 25.5 Å². The van der Waals surface area contributed by atoms with Crippen LogP contribution in [-0.4, -0.2) is 36.0 Å². The number of methoxy groups -OCH3 is 1. The Kier molecular flexibility index (Phi) is 6.28. The molecule has 19 heavy (non-hydrogen) atoms. The minimum absolute atomic E-state index is 0.423. The van der Waals surface area contributed by atoms with Crippen molar-refractivity contribution in [2.24, 2.45) is 0 Å². The van der Waals surface area contributed by atoms with Crippen molar-refractivity contribution in [3.63, 3.8) is 0 Å². The largest absolute Gasteiger partial charge is 0.497 e. The number of rotatable bonds is 8. The highest BCUT2D eigenvalue weighted by atomic mass is 16.5. The second-order valence-corrected chi connectivity index (χ2v) is 5.17. The third-order valence-electron chi connectivity index (χ3n) is 3.13. The van der Waals surface area contributed by atoms with Crippen LogP contribution in [0.15, 0.2) is 24.3 Å². The first-order valence-electron chi connectivity index (χ1n) is 6.73. The van der Waals surface area contributed by atoms with Crippen LogP contribution in [0.4, 0.5) is 0 Å². The first-order chi connectivity index (χ1) is 8.98. The fraction of sp³-hybridized carbons (Fsp3) is 0.600. The summed E-state index contributed by atoms with van der Waals surface area (Å²) < 4.78 is 5.07. The third-order valence-corrected chi connectivity index (χ3v) is 3.13. The molecule has 1 aromatic rings. The Morgan fingerprint density at radius 2 is 1.95 bits per heavy atom. The van der Waals surface area contributed by atoms with Gasteiger partial charge in [0, 0.05) is 13.1 Å². The van der Waals surface area contributed by atoms with Crippen LogP contribution in [0.2, 0.25) is 0 Å². The summed E-state index contributed by atoms with van der Waals surface area (Å²) in [6.45, 7) is 4.75. The van der Waals surface area contributed by atoms with E-state index in [9.17, 15) is 10.2 Å². The second-order valence-electron chi connectivity index (χ2n) is 5.17. The van der Waals surface area contributed by atoms with Crippen molar-refractivity contribution in [3.05, 3.63) is 29.8 Å². The van der Waals surface area contributed by atoms with Crippen LogP contribution >= 0.6 is 0 Å². The lowest BCUT2D eigenvalue weighted by Crippen LogP contribution is -2.39. The molecule has 0 aliphatic carbocycles. The molecule has 0 amide bonds. The van der Waals surface area contributed by atoms with Crippen LogP contribution in [0.1, 0.15) is 38.4 Å². The summed E-state index contributed by atoms with van der Waals surface area (Å²) in [7, 11) is 1.61. The van der Waals surface area contributed by atoms with E-state index in [2.05, 4.69) is 5.32 Å². The highest BCUT2D eigenvalue weighted by molar-refractivity contribution is 5.28. The number of ether oxygens (including phenoxy) is 1. The van der Waals surface area contributed by atoms with Crippen molar-refractivity contribution in [3.8, 4) is 5.75 Å². The molecule has 4 heteroatoms. The van der Waals surface area contributed by atoms with Gasteiger partial charge in [-0.15, -0.1) is 0 Å². The summed E-state index contributed by atoms with van der Waals surface area (Å²) in [4.78, 5) is 0. The molecule has 2 unspecified atom stereocenters. The molecule has 0 aromatic heterocycles. The van der Waals surface area contributed by atoms with Crippen LogP contribution < -0.4 is 10.1 Å². The maximum atomic E-state index is 10.0. The lowest BCUT2D eigenvalue weighted by molar-refractivity contribution is 0.0461. The number of nitrogens with one attached hydrogen (secondary N) is 1. The van der Waals surface area contributed by atoms with Crippen LogP contribution in [0, 0.1) is 0 Å². The molecular weight excluding hydrogens is 242 g/mol. The Bertz CT molecular complexity index is 362. The molecule has 0 radical (unpaired) electrons. The SMILES string of the molecule is CCCC(C)(O)CNCC(O)c1ccc(OC)cc1. The van der Waals surface area contributed by atoms with Gasteiger partial charge >= 0.3 is 0 Å². The fourth-order valence-corrected chi connectivity index (χ4v) is 2.05. The fourth-order valence-electron chi connectivity index (χ4n) is 2.05. The highest BCUT2D eigenvalue weighted by Gasteiger charge is 2.19. The zero-order valence-electron chi connectivity index (χ0n) is 12.0. The molecule has 1 rings (SSSR count). The molecule has 0 bridgehead atoms. The first kappa shape index (κ1) is 16.0. The third kappa shape index (κ3) is 5.59. The average Bonchev–Trinajstić information content (AvgIpc) is 2.38. The molecule has 0 heterocycles. The van der Waals surface area contributed by atoms with Gasteiger partial charge in [-0.3, -0.25) is 0 Å². The number of aliphatic hydroxyl groups excluding tert-OH is 1. The lowest BCUT2D eigenvalue weighted by Gasteiger charge is -2.24. The van der Waals surface area contributed by atoms with Crippen LogP contribution in [0.25, 0.3) is 0 Å². The van der Waals surface area contributed by atoms with Crippen molar-refractivity contribution < 1.29 is 14.9 Å². The molecule has 3 N–H and O–H groups in total. The molecular formula is C15H25NO3. The maximum Gasteiger partial charge on any atom is 0.118 e. The van der Waals surface area contributed by atoms with Crippen molar-refractivity contribution in [1.82, 2.24) is 5.32 Å². The molecule has 1 aromatic carbocycles. The van der Waals surface area contributed by atoms with Gasteiger partial charge in [-0.25, -0.2) is 0 Å². The Labute approximate surface area is 115 Å². The monoisotopic (exact) mass is 267 g/mol. The summed E-state index contributed by atoms with van der Waals surface area (Å²) in [5.74, 6) is 0.773. The Morgan fingerprint density at radius 1 is 1.32 bits per heavy atom. The van der Waals surface area contributed by atoms with E-state index in [1.54, 1.807) is 7.11 Å². The topological polar surface area (TPSA) is 61.7 Å². The van der Waals surface area contributed by atoms with E-state index in [1.165, 1.54) is 0 Å². The van der Waals surface area contributed by atoms with Crippen molar-refractivity contribution in [2.75, 3.05) is 20.2 Å². The van der Waals surface area contributed by atoms with Crippen LogP contribution in [-0.2, 0) is 0 Å². The van der Waals surface area contributed by atoms with E-state index in [4.69, 9.17) is 4.74 Å². The predicted molar refractivity (Wildman–Crippen MR) is 76.4 cm³/mol. The minimum Gasteiger partial charge on any atom is -0.497 e. The summed E-state index contributed by atoms with van der Waals surface area (Å²) in [5, 5.41) is 23.1. The van der Waals surface area contributed by atoms with Gasteiger partial charge in [0.1, 0.15) is 5.75 Å². The quantitative estimate of drug-likeness (QED) is 0.673. The van der Waals surface area contributed by atoms with E-state index in [0.717, 1.165) is 24.2 Å². The van der Waals surface area contributed by atoms with Gasteiger partial charge in [-0.05, 0) is 31.0 Å². The number of aliphatic hydroxyl groups is 2. The molecule has 0 saturated heterocycles. The van der Waals surface area contributed by atoms with E-state index >= 15 is 0 Å². The van der Waals surface area contributed by atoms with Gasteiger partial charge in [0.05, 0.1) is 18.8 Å². The Hall–Kier alpha value is -1.10. The van der Waals surface area contributed by atoms with Crippen molar-refractivity contribution >= 4 is 0 Å². The number of hydrogen-bond acceptors (Lipinski definition) is 4. The van der Waals surface area contributed by atoms with Gasteiger partial charge in [0.25, 0.3) is 0 Å². The standard InChI is InChI=1S/C15H25NO3/c1-4-9-15(2,18)11-16-10-14(17)12-5-7-13(19-3)8-6-12/h5-8,14,16-18H,4,9-11H2,1-3H3.